The molecule has 0 aliphatic carbocycles. The normalized spacial score (nSPS) is 16.3. The number of rotatable bonds is 2. The molecule has 3 N–H and O–H groups in total. The molecule has 0 amide bonds. The monoisotopic (exact) mass is 287 g/mol. The van der Waals surface area contributed by atoms with Crippen molar-refractivity contribution in [2.24, 2.45) is 5.73 Å². The number of fused-ring (bicyclic) bond motifs is 1. The fraction of sp³-hybridized carbons (Fsp3) is 0.455. The maximum atomic E-state index is 10.1. The second-order valence-electron chi connectivity index (χ2n) is 4.46. The Morgan fingerprint density at radius 3 is 2.75 bits per heavy atom. The minimum Gasteiger partial charge on any atom is -0.454 e. The number of aliphatic hydroxyl groups is 1. The first-order valence-corrected chi connectivity index (χ1v) is 5.75. The van der Waals surface area contributed by atoms with Gasteiger partial charge in [0, 0.05) is 5.54 Å². The molecule has 1 heterocycles. The van der Waals surface area contributed by atoms with E-state index in [1.54, 1.807) is 26.0 Å². The second kappa shape index (κ2) is 3.91. The van der Waals surface area contributed by atoms with Crippen LogP contribution in [0.25, 0.3) is 0 Å². The van der Waals surface area contributed by atoms with Crippen LogP contribution in [0, 0.1) is 0 Å². The molecule has 88 valence electrons. The number of hydrogen-bond donors (Lipinski definition) is 2. The van der Waals surface area contributed by atoms with Crippen LogP contribution in [-0.4, -0.2) is 17.4 Å². The van der Waals surface area contributed by atoms with Crippen molar-refractivity contribution in [1.29, 1.82) is 0 Å². The molecule has 0 fully saturated rings. The van der Waals surface area contributed by atoms with E-state index in [0.717, 1.165) is 4.47 Å². The van der Waals surface area contributed by atoms with Gasteiger partial charge in [0.25, 0.3) is 0 Å². The number of halogens is 1. The lowest BCUT2D eigenvalue weighted by Crippen LogP contribution is -2.39. The van der Waals surface area contributed by atoms with E-state index in [2.05, 4.69) is 15.9 Å². The first-order chi connectivity index (χ1) is 7.39. The summed E-state index contributed by atoms with van der Waals surface area (Å²) in [6, 6.07) is 3.55. The number of ether oxygens (including phenoxy) is 2. The topological polar surface area (TPSA) is 64.7 Å². The van der Waals surface area contributed by atoms with Crippen molar-refractivity contribution in [3.8, 4) is 11.5 Å². The standard InChI is InChI=1S/C11H14BrNO3/c1-11(2,13)10(14)6-3-7(12)9-8(4-6)15-5-16-9/h3-4,10,14H,5,13H2,1-2H3. The highest BCUT2D eigenvalue weighted by molar-refractivity contribution is 9.10. The van der Waals surface area contributed by atoms with E-state index >= 15 is 0 Å². The highest BCUT2D eigenvalue weighted by Crippen LogP contribution is 2.42. The first kappa shape index (κ1) is 11.7. The molecule has 1 aliphatic heterocycles. The fourth-order valence-corrected chi connectivity index (χ4v) is 2.15. The van der Waals surface area contributed by atoms with Crippen LogP contribution < -0.4 is 15.2 Å². The van der Waals surface area contributed by atoms with E-state index in [1.165, 1.54) is 0 Å². The third-order valence-electron chi connectivity index (χ3n) is 2.47. The van der Waals surface area contributed by atoms with Crippen molar-refractivity contribution in [2.45, 2.75) is 25.5 Å². The average molecular weight is 288 g/mol. The Labute approximate surface area is 102 Å². The summed E-state index contributed by atoms with van der Waals surface area (Å²) in [7, 11) is 0. The van der Waals surface area contributed by atoms with Crippen molar-refractivity contribution in [3.63, 3.8) is 0 Å². The van der Waals surface area contributed by atoms with Gasteiger partial charge in [-0.3, -0.25) is 0 Å². The van der Waals surface area contributed by atoms with Crippen LogP contribution in [0.3, 0.4) is 0 Å². The number of aliphatic hydroxyl groups excluding tert-OH is 1. The molecule has 0 aromatic heterocycles. The molecule has 2 rings (SSSR count). The van der Waals surface area contributed by atoms with Crippen LogP contribution in [0.5, 0.6) is 11.5 Å². The zero-order valence-electron chi connectivity index (χ0n) is 9.16. The van der Waals surface area contributed by atoms with Crippen molar-refractivity contribution in [3.05, 3.63) is 22.2 Å². The molecule has 1 unspecified atom stereocenters. The Morgan fingerprint density at radius 1 is 1.44 bits per heavy atom. The minimum atomic E-state index is -0.752. The molecule has 1 aliphatic rings. The van der Waals surface area contributed by atoms with Crippen molar-refractivity contribution < 1.29 is 14.6 Å². The van der Waals surface area contributed by atoms with Gasteiger partial charge in [-0.15, -0.1) is 0 Å². The zero-order chi connectivity index (χ0) is 11.9. The molecular weight excluding hydrogens is 274 g/mol. The maximum absolute atomic E-state index is 10.1. The van der Waals surface area contributed by atoms with Crippen LogP contribution in [0.4, 0.5) is 0 Å². The Hall–Kier alpha value is -0.780. The van der Waals surface area contributed by atoms with Gasteiger partial charge >= 0.3 is 0 Å². The zero-order valence-corrected chi connectivity index (χ0v) is 10.7. The second-order valence-corrected chi connectivity index (χ2v) is 5.31. The fourth-order valence-electron chi connectivity index (χ4n) is 1.57. The lowest BCUT2D eigenvalue weighted by molar-refractivity contribution is 0.104. The molecule has 0 spiro atoms. The Balaban J connectivity index is 2.41. The molecular formula is C11H14BrNO3. The summed E-state index contributed by atoms with van der Waals surface area (Å²) in [5.41, 5.74) is 5.88. The molecule has 1 aromatic carbocycles. The highest BCUT2D eigenvalue weighted by atomic mass is 79.9. The van der Waals surface area contributed by atoms with Crippen LogP contribution in [0.2, 0.25) is 0 Å². The van der Waals surface area contributed by atoms with Crippen molar-refractivity contribution in [1.82, 2.24) is 0 Å². The van der Waals surface area contributed by atoms with Gasteiger partial charge in [-0.25, -0.2) is 0 Å². The van der Waals surface area contributed by atoms with Gasteiger partial charge in [0.15, 0.2) is 11.5 Å². The summed E-state index contributed by atoms with van der Waals surface area (Å²) >= 11 is 3.38. The molecule has 0 radical (unpaired) electrons. The SMILES string of the molecule is CC(C)(N)C(O)c1cc(Br)c2c(c1)OCO2. The lowest BCUT2D eigenvalue weighted by Gasteiger charge is -2.26. The van der Waals surface area contributed by atoms with E-state index in [4.69, 9.17) is 15.2 Å². The van der Waals surface area contributed by atoms with Crippen LogP contribution in [-0.2, 0) is 0 Å². The van der Waals surface area contributed by atoms with E-state index in [0.29, 0.717) is 17.1 Å². The molecule has 1 atom stereocenters. The number of benzene rings is 1. The molecule has 1 aromatic rings. The minimum absolute atomic E-state index is 0.208. The third kappa shape index (κ3) is 2.03. The van der Waals surface area contributed by atoms with Crippen LogP contribution in [0.1, 0.15) is 25.5 Å². The predicted octanol–water partition coefficient (Wildman–Crippen LogP) is 1.95. The molecule has 0 bridgehead atoms. The van der Waals surface area contributed by atoms with Gasteiger partial charge < -0.3 is 20.3 Å². The van der Waals surface area contributed by atoms with Gasteiger partial charge in [-0.05, 0) is 47.5 Å². The van der Waals surface area contributed by atoms with E-state index in [1.807, 2.05) is 0 Å². The number of hydrogen-bond acceptors (Lipinski definition) is 4. The number of nitrogens with two attached hydrogens (primary N) is 1. The van der Waals surface area contributed by atoms with Crippen LogP contribution in [0.15, 0.2) is 16.6 Å². The predicted molar refractivity (Wildman–Crippen MR) is 63.5 cm³/mol. The van der Waals surface area contributed by atoms with Gasteiger partial charge in [-0.1, -0.05) is 0 Å². The smallest absolute Gasteiger partial charge is 0.231 e. The summed E-state index contributed by atoms with van der Waals surface area (Å²) in [4.78, 5) is 0. The molecule has 16 heavy (non-hydrogen) atoms. The van der Waals surface area contributed by atoms with E-state index in [9.17, 15) is 5.11 Å². The van der Waals surface area contributed by atoms with E-state index < -0.39 is 11.6 Å². The van der Waals surface area contributed by atoms with Crippen LogP contribution >= 0.6 is 15.9 Å². The third-order valence-corrected chi connectivity index (χ3v) is 3.06. The molecule has 0 saturated heterocycles. The molecule has 0 saturated carbocycles. The first-order valence-electron chi connectivity index (χ1n) is 4.95. The molecule has 4 nitrogen and oxygen atoms in total. The summed E-state index contributed by atoms with van der Waals surface area (Å²) in [5, 5.41) is 10.1. The Bertz CT molecular complexity index is 414. The lowest BCUT2D eigenvalue weighted by atomic mass is 9.92. The van der Waals surface area contributed by atoms with Crippen molar-refractivity contribution >= 4 is 15.9 Å². The maximum Gasteiger partial charge on any atom is 0.231 e. The summed E-state index contributed by atoms with van der Waals surface area (Å²) < 4.78 is 11.3. The average Bonchev–Trinajstić information content (AvgIpc) is 2.63. The summed E-state index contributed by atoms with van der Waals surface area (Å²) in [6.45, 7) is 3.76. The highest BCUT2D eigenvalue weighted by Gasteiger charge is 2.27. The molecule has 5 heteroatoms. The quantitative estimate of drug-likeness (QED) is 0.873. The van der Waals surface area contributed by atoms with E-state index in [-0.39, 0.29) is 6.79 Å². The Morgan fingerprint density at radius 2 is 2.12 bits per heavy atom. The Kier molecular flexibility index (Phi) is 2.86. The van der Waals surface area contributed by atoms with Gasteiger partial charge in [-0.2, -0.15) is 0 Å². The van der Waals surface area contributed by atoms with Gasteiger partial charge in [0.05, 0.1) is 10.6 Å². The van der Waals surface area contributed by atoms with Gasteiger partial charge in [0.1, 0.15) is 0 Å². The largest absolute Gasteiger partial charge is 0.454 e. The van der Waals surface area contributed by atoms with Crippen molar-refractivity contribution in [2.75, 3.05) is 6.79 Å². The van der Waals surface area contributed by atoms with Gasteiger partial charge in [0.2, 0.25) is 6.79 Å². The summed E-state index contributed by atoms with van der Waals surface area (Å²) in [5.74, 6) is 1.30. The summed E-state index contributed by atoms with van der Waals surface area (Å²) in [6.07, 6.45) is -0.752.